The van der Waals surface area contributed by atoms with Crippen molar-refractivity contribution in [2.24, 2.45) is 0 Å². The fourth-order valence-electron chi connectivity index (χ4n) is 1.28. The Labute approximate surface area is 78.9 Å². The minimum Gasteiger partial charge on any atom is -0.381 e. The molecule has 0 aliphatic heterocycles. The van der Waals surface area contributed by atoms with E-state index in [1.54, 1.807) is 0 Å². The zero-order valence-electron chi connectivity index (χ0n) is 7.88. The van der Waals surface area contributed by atoms with E-state index in [0.29, 0.717) is 6.54 Å². The lowest BCUT2D eigenvalue weighted by Crippen LogP contribution is -2.14. The fraction of sp³-hybridized carbons (Fsp3) is 0.273. The molecule has 0 atom stereocenters. The van der Waals surface area contributed by atoms with E-state index in [4.69, 9.17) is 5.11 Å². The lowest BCUT2D eigenvalue weighted by atomic mass is 10.0. The third-order valence-corrected chi connectivity index (χ3v) is 1.90. The van der Waals surface area contributed by atoms with Crippen LogP contribution in [0, 0.1) is 0 Å². The Morgan fingerprint density at radius 3 is 2.77 bits per heavy atom. The molecule has 2 nitrogen and oxygen atoms in total. The summed E-state index contributed by atoms with van der Waals surface area (Å²) in [5.41, 5.74) is 3.38. The van der Waals surface area contributed by atoms with E-state index in [2.05, 4.69) is 11.9 Å². The summed E-state index contributed by atoms with van der Waals surface area (Å²) in [6, 6.07) is 8.05. The number of rotatable bonds is 4. The molecule has 0 saturated heterocycles. The summed E-state index contributed by atoms with van der Waals surface area (Å²) in [4.78, 5) is 0. The first-order valence-electron chi connectivity index (χ1n) is 4.31. The molecule has 13 heavy (non-hydrogen) atoms. The largest absolute Gasteiger partial charge is 0.381 e. The molecule has 0 aromatic heterocycles. The van der Waals surface area contributed by atoms with Crippen molar-refractivity contribution in [3.05, 3.63) is 42.0 Å². The summed E-state index contributed by atoms with van der Waals surface area (Å²) < 4.78 is 0. The van der Waals surface area contributed by atoms with E-state index in [1.807, 2.05) is 31.2 Å². The Morgan fingerprint density at radius 1 is 1.46 bits per heavy atom. The van der Waals surface area contributed by atoms with Crippen LogP contribution in [0.15, 0.2) is 30.8 Å². The fourth-order valence-corrected chi connectivity index (χ4v) is 1.28. The second-order valence-corrected chi connectivity index (χ2v) is 3.02. The maximum atomic E-state index is 8.62. The minimum atomic E-state index is 0.00449. The van der Waals surface area contributed by atoms with Gasteiger partial charge in [0, 0.05) is 6.54 Å². The number of hydrogen-bond donors (Lipinski definition) is 2. The van der Waals surface area contributed by atoms with Crippen molar-refractivity contribution in [2.45, 2.75) is 13.5 Å². The minimum absolute atomic E-state index is 0.00449. The van der Waals surface area contributed by atoms with Gasteiger partial charge in [0.15, 0.2) is 0 Å². The van der Waals surface area contributed by atoms with Crippen LogP contribution in [0.25, 0.3) is 5.57 Å². The quantitative estimate of drug-likeness (QED) is 0.687. The van der Waals surface area contributed by atoms with Crippen LogP contribution in [-0.2, 0) is 6.54 Å². The average molecular weight is 177 g/mol. The normalized spacial score (nSPS) is 10.0. The van der Waals surface area contributed by atoms with Crippen LogP contribution < -0.4 is 5.32 Å². The molecular weight excluding hydrogens is 162 g/mol. The number of allylic oxidation sites excluding steroid dienone is 1. The van der Waals surface area contributed by atoms with Crippen LogP contribution in [0.4, 0.5) is 0 Å². The number of nitrogens with one attached hydrogen (secondary N) is 1. The summed E-state index contributed by atoms with van der Waals surface area (Å²) >= 11 is 0. The smallest absolute Gasteiger partial charge is 0.0934 e. The molecule has 0 unspecified atom stereocenters. The lowest BCUT2D eigenvalue weighted by molar-refractivity contribution is 0.259. The second-order valence-electron chi connectivity index (χ2n) is 3.02. The van der Waals surface area contributed by atoms with Crippen LogP contribution in [0.2, 0.25) is 0 Å². The SMILES string of the molecule is C=C(C)c1ccccc1CNCO. The van der Waals surface area contributed by atoms with E-state index in [-0.39, 0.29) is 6.73 Å². The monoisotopic (exact) mass is 177 g/mol. The maximum Gasteiger partial charge on any atom is 0.0934 e. The van der Waals surface area contributed by atoms with Crippen LogP contribution >= 0.6 is 0 Å². The maximum absolute atomic E-state index is 8.62. The molecular formula is C11H15NO. The van der Waals surface area contributed by atoms with Crippen molar-refractivity contribution in [2.75, 3.05) is 6.73 Å². The summed E-state index contributed by atoms with van der Waals surface area (Å²) in [6.07, 6.45) is 0. The summed E-state index contributed by atoms with van der Waals surface area (Å²) in [5, 5.41) is 11.5. The average Bonchev–Trinajstić information content (AvgIpc) is 2.15. The van der Waals surface area contributed by atoms with E-state index in [1.165, 1.54) is 5.56 Å². The van der Waals surface area contributed by atoms with Crippen LogP contribution in [0.5, 0.6) is 0 Å². The Balaban J connectivity index is 2.84. The van der Waals surface area contributed by atoms with Gasteiger partial charge in [0.05, 0.1) is 6.73 Å². The van der Waals surface area contributed by atoms with Crippen LogP contribution in [0.1, 0.15) is 18.1 Å². The van der Waals surface area contributed by atoms with Crippen molar-refractivity contribution in [1.29, 1.82) is 0 Å². The summed E-state index contributed by atoms with van der Waals surface area (Å²) in [7, 11) is 0. The lowest BCUT2D eigenvalue weighted by Gasteiger charge is -2.08. The van der Waals surface area contributed by atoms with Gasteiger partial charge < -0.3 is 5.11 Å². The number of aliphatic hydroxyl groups is 1. The first-order valence-corrected chi connectivity index (χ1v) is 4.31. The van der Waals surface area contributed by atoms with Gasteiger partial charge in [-0.25, -0.2) is 0 Å². The topological polar surface area (TPSA) is 32.3 Å². The standard InChI is InChI=1S/C11H15NO/c1-9(2)11-6-4-3-5-10(11)7-12-8-13/h3-6,12-13H,1,7-8H2,2H3. The molecule has 0 amide bonds. The van der Waals surface area contributed by atoms with Crippen molar-refractivity contribution in [3.63, 3.8) is 0 Å². The summed E-state index contributed by atoms with van der Waals surface area (Å²) in [6.45, 7) is 6.57. The van der Waals surface area contributed by atoms with Gasteiger partial charge in [0.2, 0.25) is 0 Å². The molecule has 0 spiro atoms. The highest BCUT2D eigenvalue weighted by Crippen LogP contribution is 2.16. The Kier molecular flexibility index (Phi) is 3.68. The van der Waals surface area contributed by atoms with Crippen molar-refractivity contribution in [3.8, 4) is 0 Å². The van der Waals surface area contributed by atoms with Gasteiger partial charge in [0.25, 0.3) is 0 Å². The second kappa shape index (κ2) is 4.80. The van der Waals surface area contributed by atoms with Crippen molar-refractivity contribution in [1.82, 2.24) is 5.32 Å². The highest BCUT2D eigenvalue weighted by Gasteiger charge is 2.00. The highest BCUT2D eigenvalue weighted by atomic mass is 16.3. The third-order valence-electron chi connectivity index (χ3n) is 1.90. The van der Waals surface area contributed by atoms with Gasteiger partial charge >= 0.3 is 0 Å². The number of aliphatic hydroxyl groups excluding tert-OH is 1. The molecule has 0 bridgehead atoms. The van der Waals surface area contributed by atoms with Crippen molar-refractivity contribution < 1.29 is 5.11 Å². The molecule has 0 fully saturated rings. The zero-order valence-corrected chi connectivity index (χ0v) is 7.88. The number of hydrogen-bond acceptors (Lipinski definition) is 2. The van der Waals surface area contributed by atoms with Gasteiger partial charge in [-0.05, 0) is 18.1 Å². The van der Waals surface area contributed by atoms with Crippen LogP contribution in [-0.4, -0.2) is 11.8 Å². The van der Waals surface area contributed by atoms with Crippen molar-refractivity contribution >= 4 is 5.57 Å². The molecule has 0 radical (unpaired) electrons. The zero-order chi connectivity index (χ0) is 9.68. The summed E-state index contributed by atoms with van der Waals surface area (Å²) in [5.74, 6) is 0. The molecule has 2 N–H and O–H groups in total. The molecule has 0 aliphatic rings. The predicted molar refractivity (Wildman–Crippen MR) is 55.1 cm³/mol. The molecule has 1 rings (SSSR count). The van der Waals surface area contributed by atoms with Gasteiger partial charge in [-0.3, -0.25) is 5.32 Å². The third kappa shape index (κ3) is 2.68. The van der Waals surface area contributed by atoms with E-state index < -0.39 is 0 Å². The molecule has 2 heteroatoms. The Bertz CT molecular complexity index is 294. The van der Waals surface area contributed by atoms with Gasteiger partial charge in [-0.15, -0.1) is 0 Å². The molecule has 0 saturated carbocycles. The number of benzene rings is 1. The molecule has 70 valence electrons. The predicted octanol–water partition coefficient (Wildman–Crippen LogP) is 1.76. The molecule has 1 aromatic rings. The van der Waals surface area contributed by atoms with Gasteiger partial charge in [-0.1, -0.05) is 36.4 Å². The van der Waals surface area contributed by atoms with Crippen LogP contribution in [0.3, 0.4) is 0 Å². The Hall–Kier alpha value is -1.12. The molecule has 0 heterocycles. The first kappa shape index (κ1) is 9.96. The Morgan fingerprint density at radius 2 is 2.15 bits per heavy atom. The van der Waals surface area contributed by atoms with Gasteiger partial charge in [0.1, 0.15) is 0 Å². The molecule has 0 aliphatic carbocycles. The van der Waals surface area contributed by atoms with Gasteiger partial charge in [-0.2, -0.15) is 0 Å². The highest BCUT2D eigenvalue weighted by molar-refractivity contribution is 5.64. The van der Waals surface area contributed by atoms with E-state index >= 15 is 0 Å². The molecule has 1 aromatic carbocycles. The van der Waals surface area contributed by atoms with E-state index in [9.17, 15) is 0 Å². The first-order chi connectivity index (χ1) is 6.25. The van der Waals surface area contributed by atoms with E-state index in [0.717, 1.165) is 11.1 Å².